The van der Waals surface area contributed by atoms with Crippen molar-refractivity contribution in [1.29, 1.82) is 0 Å². The standard InChI is InChI=1S/C15H20N4O2/c20-14(11-5-6-12-13(9-11)18-19-17-12)16-10-15(21)7-3-1-2-4-8-15/h5-6,9,21H,1-4,7-8,10H2,(H,16,20)(H,17,18,19). The molecule has 0 unspecified atom stereocenters. The summed E-state index contributed by atoms with van der Waals surface area (Å²) in [6, 6.07) is 5.18. The number of H-pyrrole nitrogens is 1. The lowest BCUT2D eigenvalue weighted by Crippen LogP contribution is -2.42. The van der Waals surface area contributed by atoms with E-state index in [0.29, 0.717) is 17.6 Å². The van der Waals surface area contributed by atoms with Crippen LogP contribution in [0.2, 0.25) is 0 Å². The van der Waals surface area contributed by atoms with Crippen molar-refractivity contribution in [3.05, 3.63) is 23.8 Å². The minimum absolute atomic E-state index is 0.183. The Hall–Kier alpha value is -1.95. The minimum Gasteiger partial charge on any atom is -0.388 e. The summed E-state index contributed by atoms with van der Waals surface area (Å²) < 4.78 is 0. The maximum absolute atomic E-state index is 12.2. The number of fused-ring (bicyclic) bond motifs is 1. The van der Waals surface area contributed by atoms with Gasteiger partial charge in [-0.3, -0.25) is 4.79 Å². The highest BCUT2D eigenvalue weighted by Crippen LogP contribution is 2.26. The third-order valence-electron chi connectivity index (χ3n) is 4.19. The number of nitrogens with one attached hydrogen (secondary N) is 2. The fourth-order valence-corrected chi connectivity index (χ4v) is 2.89. The van der Waals surface area contributed by atoms with Gasteiger partial charge in [-0.15, -0.1) is 0 Å². The van der Waals surface area contributed by atoms with E-state index >= 15 is 0 Å². The molecule has 0 bridgehead atoms. The van der Waals surface area contributed by atoms with Gasteiger partial charge >= 0.3 is 0 Å². The number of aliphatic hydroxyl groups is 1. The Morgan fingerprint density at radius 2 is 1.90 bits per heavy atom. The summed E-state index contributed by atoms with van der Waals surface area (Å²) in [4.78, 5) is 12.2. The van der Waals surface area contributed by atoms with E-state index in [1.165, 1.54) is 12.8 Å². The summed E-state index contributed by atoms with van der Waals surface area (Å²) in [7, 11) is 0. The molecule has 0 radical (unpaired) electrons. The number of carbonyl (C=O) groups excluding carboxylic acids is 1. The van der Waals surface area contributed by atoms with Gasteiger partial charge in [0, 0.05) is 12.1 Å². The molecule has 0 saturated heterocycles. The van der Waals surface area contributed by atoms with Gasteiger partial charge in [0.25, 0.3) is 5.91 Å². The number of nitrogens with zero attached hydrogens (tertiary/aromatic N) is 2. The van der Waals surface area contributed by atoms with Crippen LogP contribution in [0.25, 0.3) is 11.0 Å². The van der Waals surface area contributed by atoms with Crippen molar-refractivity contribution >= 4 is 16.9 Å². The maximum atomic E-state index is 12.2. The first-order chi connectivity index (χ1) is 10.2. The molecular weight excluding hydrogens is 268 g/mol. The molecule has 6 heteroatoms. The van der Waals surface area contributed by atoms with Gasteiger partial charge in [0.2, 0.25) is 0 Å². The first-order valence-corrected chi connectivity index (χ1v) is 7.47. The van der Waals surface area contributed by atoms with Gasteiger partial charge in [-0.2, -0.15) is 15.4 Å². The number of aromatic amines is 1. The van der Waals surface area contributed by atoms with Crippen LogP contribution >= 0.6 is 0 Å². The van der Waals surface area contributed by atoms with Crippen molar-refractivity contribution in [3.8, 4) is 0 Å². The second-order valence-electron chi connectivity index (χ2n) is 5.85. The van der Waals surface area contributed by atoms with Crippen molar-refractivity contribution in [2.24, 2.45) is 0 Å². The maximum Gasteiger partial charge on any atom is 0.251 e. The van der Waals surface area contributed by atoms with Crippen LogP contribution in [0.4, 0.5) is 0 Å². The SMILES string of the molecule is O=C(NCC1(O)CCCCCC1)c1ccc2n[nH]nc2c1. The molecule has 21 heavy (non-hydrogen) atoms. The summed E-state index contributed by atoms with van der Waals surface area (Å²) >= 11 is 0. The van der Waals surface area contributed by atoms with E-state index in [1.54, 1.807) is 18.2 Å². The number of amides is 1. The highest BCUT2D eigenvalue weighted by atomic mass is 16.3. The van der Waals surface area contributed by atoms with Gasteiger partial charge in [-0.1, -0.05) is 25.7 Å². The van der Waals surface area contributed by atoms with E-state index in [9.17, 15) is 9.90 Å². The van der Waals surface area contributed by atoms with Crippen LogP contribution in [-0.4, -0.2) is 38.6 Å². The molecule has 0 atom stereocenters. The van der Waals surface area contributed by atoms with E-state index in [2.05, 4.69) is 20.7 Å². The van der Waals surface area contributed by atoms with Crippen molar-refractivity contribution < 1.29 is 9.90 Å². The zero-order valence-electron chi connectivity index (χ0n) is 11.9. The van der Waals surface area contributed by atoms with Gasteiger partial charge in [0.05, 0.1) is 5.60 Å². The van der Waals surface area contributed by atoms with Crippen molar-refractivity contribution in [1.82, 2.24) is 20.7 Å². The van der Waals surface area contributed by atoms with Crippen LogP contribution in [0.15, 0.2) is 18.2 Å². The summed E-state index contributed by atoms with van der Waals surface area (Å²) in [5.74, 6) is -0.183. The fraction of sp³-hybridized carbons (Fsp3) is 0.533. The zero-order valence-corrected chi connectivity index (χ0v) is 11.9. The summed E-state index contributed by atoms with van der Waals surface area (Å²) in [6.07, 6.45) is 5.90. The molecule has 0 aliphatic heterocycles. The zero-order chi connectivity index (χ0) is 14.7. The molecule has 2 aromatic rings. The minimum atomic E-state index is -0.760. The predicted molar refractivity (Wildman–Crippen MR) is 78.9 cm³/mol. The number of hydrogen-bond donors (Lipinski definition) is 3. The Labute approximate surface area is 122 Å². The predicted octanol–water partition coefficient (Wildman–Crippen LogP) is 1.77. The van der Waals surface area contributed by atoms with Gasteiger partial charge < -0.3 is 10.4 Å². The Morgan fingerprint density at radius 3 is 2.67 bits per heavy atom. The quantitative estimate of drug-likeness (QED) is 0.751. The lowest BCUT2D eigenvalue weighted by Gasteiger charge is -2.26. The van der Waals surface area contributed by atoms with E-state index < -0.39 is 5.60 Å². The highest BCUT2D eigenvalue weighted by Gasteiger charge is 2.28. The lowest BCUT2D eigenvalue weighted by atomic mass is 9.94. The van der Waals surface area contributed by atoms with Crippen LogP contribution < -0.4 is 5.32 Å². The molecule has 1 aromatic heterocycles. The molecule has 1 aromatic carbocycles. The van der Waals surface area contributed by atoms with Crippen LogP contribution in [0, 0.1) is 0 Å². The van der Waals surface area contributed by atoms with Gasteiger partial charge in [-0.05, 0) is 31.0 Å². The fourth-order valence-electron chi connectivity index (χ4n) is 2.89. The molecule has 6 nitrogen and oxygen atoms in total. The molecule has 1 aliphatic rings. The summed E-state index contributed by atoms with van der Waals surface area (Å²) in [5.41, 5.74) is 1.17. The molecular formula is C15H20N4O2. The number of benzene rings is 1. The summed E-state index contributed by atoms with van der Waals surface area (Å²) in [6.45, 7) is 0.308. The first kappa shape index (κ1) is 14.0. The van der Waals surface area contributed by atoms with E-state index in [4.69, 9.17) is 0 Å². The molecule has 112 valence electrons. The van der Waals surface area contributed by atoms with Crippen LogP contribution in [-0.2, 0) is 0 Å². The topological polar surface area (TPSA) is 90.9 Å². The number of rotatable bonds is 3. The Kier molecular flexibility index (Phi) is 3.88. The normalized spacial score (nSPS) is 18.3. The van der Waals surface area contributed by atoms with Gasteiger partial charge in [0.1, 0.15) is 11.0 Å². The summed E-state index contributed by atoms with van der Waals surface area (Å²) in [5, 5.41) is 23.8. The molecule has 1 heterocycles. The average molecular weight is 288 g/mol. The van der Waals surface area contributed by atoms with Crippen LogP contribution in [0.3, 0.4) is 0 Å². The van der Waals surface area contributed by atoms with E-state index in [0.717, 1.165) is 31.2 Å². The molecule has 1 saturated carbocycles. The largest absolute Gasteiger partial charge is 0.388 e. The number of hydrogen-bond acceptors (Lipinski definition) is 4. The van der Waals surface area contributed by atoms with E-state index in [-0.39, 0.29) is 5.91 Å². The Bertz CT molecular complexity index is 629. The molecule has 3 N–H and O–H groups in total. The van der Waals surface area contributed by atoms with Crippen LogP contribution in [0.5, 0.6) is 0 Å². The second-order valence-corrected chi connectivity index (χ2v) is 5.85. The van der Waals surface area contributed by atoms with Gasteiger partial charge in [0.15, 0.2) is 0 Å². The van der Waals surface area contributed by atoms with Crippen molar-refractivity contribution in [2.75, 3.05) is 6.54 Å². The Morgan fingerprint density at radius 1 is 1.19 bits per heavy atom. The van der Waals surface area contributed by atoms with Crippen molar-refractivity contribution in [2.45, 2.75) is 44.1 Å². The average Bonchev–Trinajstić information content (AvgIpc) is 2.85. The highest BCUT2D eigenvalue weighted by molar-refractivity contribution is 5.97. The second kappa shape index (κ2) is 5.81. The van der Waals surface area contributed by atoms with Crippen LogP contribution in [0.1, 0.15) is 48.9 Å². The molecule has 0 spiro atoms. The molecule has 1 amide bonds. The van der Waals surface area contributed by atoms with Gasteiger partial charge in [-0.25, -0.2) is 0 Å². The van der Waals surface area contributed by atoms with Crippen molar-refractivity contribution in [3.63, 3.8) is 0 Å². The smallest absolute Gasteiger partial charge is 0.251 e. The monoisotopic (exact) mass is 288 g/mol. The lowest BCUT2D eigenvalue weighted by molar-refractivity contribution is 0.0246. The Balaban J connectivity index is 1.65. The van der Waals surface area contributed by atoms with E-state index in [1.807, 2.05) is 0 Å². The molecule has 1 fully saturated rings. The number of carbonyl (C=O) groups is 1. The molecule has 3 rings (SSSR count). The first-order valence-electron chi connectivity index (χ1n) is 7.47. The number of aromatic nitrogens is 3. The third-order valence-corrected chi connectivity index (χ3v) is 4.19. The third kappa shape index (κ3) is 3.21. The molecule has 1 aliphatic carbocycles.